The molecule has 48 heavy (non-hydrogen) atoms. The largest absolute Gasteiger partial charge is 0.462 e. The number of benzene rings is 2. The van der Waals surface area contributed by atoms with E-state index in [1.165, 1.54) is 12.0 Å². The van der Waals surface area contributed by atoms with E-state index in [0.29, 0.717) is 51.3 Å². The number of likely N-dealkylation sites (tertiary alicyclic amines) is 1. The summed E-state index contributed by atoms with van der Waals surface area (Å²) in [6, 6.07) is 16.9. The van der Waals surface area contributed by atoms with E-state index in [9.17, 15) is 10.1 Å². The number of hydrogen-bond acceptors (Lipinski definition) is 11. The van der Waals surface area contributed by atoms with Crippen LogP contribution in [0.1, 0.15) is 41.6 Å². The molecule has 4 aromatic rings. The van der Waals surface area contributed by atoms with E-state index in [0.717, 1.165) is 65.2 Å². The topological polar surface area (TPSA) is 127 Å². The summed E-state index contributed by atoms with van der Waals surface area (Å²) in [4.78, 5) is 32.0. The van der Waals surface area contributed by atoms with Gasteiger partial charge >= 0.3 is 12.0 Å². The van der Waals surface area contributed by atoms with Crippen molar-refractivity contribution in [3.63, 3.8) is 0 Å². The molecule has 2 aromatic heterocycles. The number of hydrogen-bond donors (Lipinski definition) is 1. The average Bonchev–Trinajstić information content (AvgIpc) is 3.75. The highest BCUT2D eigenvalue weighted by atomic mass is 16.5. The Balaban J connectivity index is 1.12. The van der Waals surface area contributed by atoms with Crippen molar-refractivity contribution in [2.45, 2.75) is 57.8 Å². The summed E-state index contributed by atoms with van der Waals surface area (Å²) in [6.07, 6.45) is 5.20. The molecule has 5 heterocycles. The second kappa shape index (κ2) is 14.2. The molecular weight excluding hydrogens is 606 g/mol. The number of anilines is 2. The number of carbonyl (C=O) groups is 1. The Kier molecular flexibility index (Phi) is 9.40. The van der Waals surface area contributed by atoms with Crippen LogP contribution in [0.5, 0.6) is 6.01 Å². The van der Waals surface area contributed by atoms with Crippen LogP contribution in [-0.4, -0.2) is 101 Å². The van der Waals surface area contributed by atoms with Gasteiger partial charge in [0.1, 0.15) is 19.0 Å². The minimum Gasteiger partial charge on any atom is -0.462 e. The molecule has 2 fully saturated rings. The number of aryl methyl sites for hydroxylation is 1. The quantitative estimate of drug-likeness (QED) is 0.252. The summed E-state index contributed by atoms with van der Waals surface area (Å²) in [5.41, 5.74) is 6.39. The van der Waals surface area contributed by atoms with Gasteiger partial charge in [0.25, 0.3) is 0 Å². The molecule has 0 amide bonds. The first kappa shape index (κ1) is 31.8. The van der Waals surface area contributed by atoms with Gasteiger partial charge in [-0.15, -0.1) is 0 Å². The normalized spacial score (nSPS) is 20.1. The van der Waals surface area contributed by atoms with Crippen molar-refractivity contribution in [3.8, 4) is 12.1 Å². The molecule has 1 unspecified atom stereocenters. The molecule has 3 aliphatic heterocycles. The number of piperazine rings is 1. The van der Waals surface area contributed by atoms with E-state index in [-0.39, 0.29) is 25.2 Å². The summed E-state index contributed by atoms with van der Waals surface area (Å²) in [6.45, 7) is 7.41. The highest BCUT2D eigenvalue weighted by Crippen LogP contribution is 2.36. The number of aromatic nitrogens is 4. The Hall–Kier alpha value is -4.73. The summed E-state index contributed by atoms with van der Waals surface area (Å²) >= 11 is 0. The third-order valence-corrected chi connectivity index (χ3v) is 10.0. The zero-order valence-corrected chi connectivity index (χ0v) is 27.8. The lowest BCUT2D eigenvalue weighted by molar-refractivity contribution is -0.147. The highest BCUT2D eigenvalue weighted by molar-refractivity contribution is 5.92. The summed E-state index contributed by atoms with van der Waals surface area (Å²) < 4.78 is 11.9. The Morgan fingerprint density at radius 3 is 2.75 bits per heavy atom. The molecule has 0 radical (unpaired) electrons. The van der Waals surface area contributed by atoms with Crippen LogP contribution < -0.4 is 14.5 Å². The maximum atomic E-state index is 12.9. The molecule has 0 aliphatic carbocycles. The zero-order chi connectivity index (χ0) is 33.0. The van der Waals surface area contributed by atoms with Crippen molar-refractivity contribution < 1.29 is 14.3 Å². The Labute approximate surface area is 281 Å². The SMILES string of the molecule is Cc1ccc2cn[nH]c2c1N1CCc2c(nc(OC[C@@H]3CCCN3C)nc2N2CCN(CC(=O)OCc3ccccc3)C(CC#N)C2)C1. The molecule has 3 aliphatic rings. The predicted molar refractivity (Wildman–Crippen MR) is 183 cm³/mol. The van der Waals surface area contributed by atoms with Crippen LogP contribution in [0.25, 0.3) is 10.9 Å². The molecule has 2 saturated heterocycles. The van der Waals surface area contributed by atoms with Gasteiger partial charge in [0.05, 0.1) is 48.7 Å². The number of nitrogens with zero attached hydrogens (tertiary/aromatic N) is 8. The Morgan fingerprint density at radius 1 is 1.06 bits per heavy atom. The third-order valence-electron chi connectivity index (χ3n) is 10.0. The van der Waals surface area contributed by atoms with Gasteiger partial charge in [0.15, 0.2) is 0 Å². The van der Waals surface area contributed by atoms with Gasteiger partial charge in [-0.2, -0.15) is 20.3 Å². The van der Waals surface area contributed by atoms with E-state index < -0.39 is 0 Å². The van der Waals surface area contributed by atoms with Gasteiger partial charge in [-0.25, -0.2) is 0 Å². The van der Waals surface area contributed by atoms with Crippen LogP contribution in [0.4, 0.5) is 11.5 Å². The van der Waals surface area contributed by atoms with Gasteiger partial charge < -0.3 is 24.2 Å². The highest BCUT2D eigenvalue weighted by Gasteiger charge is 2.33. The Bertz CT molecular complexity index is 1790. The lowest BCUT2D eigenvalue weighted by Gasteiger charge is -2.42. The molecule has 2 aromatic carbocycles. The lowest BCUT2D eigenvalue weighted by Crippen LogP contribution is -2.55. The van der Waals surface area contributed by atoms with Gasteiger partial charge in [-0.3, -0.25) is 14.8 Å². The van der Waals surface area contributed by atoms with Crippen LogP contribution >= 0.6 is 0 Å². The number of carbonyl (C=O) groups excluding carboxylic acids is 1. The monoisotopic (exact) mass is 649 g/mol. The Morgan fingerprint density at radius 2 is 1.94 bits per heavy atom. The van der Waals surface area contributed by atoms with Gasteiger partial charge in [-0.05, 0) is 50.9 Å². The van der Waals surface area contributed by atoms with Crippen LogP contribution in [-0.2, 0) is 29.1 Å². The third kappa shape index (κ3) is 6.79. The molecule has 0 spiro atoms. The van der Waals surface area contributed by atoms with E-state index in [1.807, 2.05) is 36.5 Å². The van der Waals surface area contributed by atoms with Crippen molar-refractivity contribution in [3.05, 3.63) is 71.0 Å². The average molecular weight is 650 g/mol. The first-order valence-electron chi connectivity index (χ1n) is 16.9. The number of rotatable bonds is 10. The van der Waals surface area contributed by atoms with Crippen molar-refractivity contribution in [2.75, 3.05) is 62.7 Å². The van der Waals surface area contributed by atoms with Crippen molar-refractivity contribution in [2.24, 2.45) is 0 Å². The van der Waals surface area contributed by atoms with E-state index in [2.05, 4.69) is 62.0 Å². The smallest absolute Gasteiger partial charge is 0.320 e. The number of H-pyrrole nitrogens is 1. The number of likely N-dealkylation sites (N-methyl/N-ethyl adjacent to an activating group) is 1. The van der Waals surface area contributed by atoms with Crippen LogP contribution in [0.2, 0.25) is 0 Å². The minimum absolute atomic E-state index is 0.143. The summed E-state index contributed by atoms with van der Waals surface area (Å²) in [5, 5.41) is 18.4. The molecule has 12 nitrogen and oxygen atoms in total. The van der Waals surface area contributed by atoms with Gasteiger partial charge in [-0.1, -0.05) is 42.5 Å². The van der Waals surface area contributed by atoms with E-state index in [1.54, 1.807) is 0 Å². The maximum absolute atomic E-state index is 12.9. The molecule has 0 bridgehead atoms. The maximum Gasteiger partial charge on any atom is 0.320 e. The van der Waals surface area contributed by atoms with Gasteiger partial charge in [0.2, 0.25) is 0 Å². The second-order valence-electron chi connectivity index (χ2n) is 13.2. The molecule has 0 saturated carbocycles. The number of ether oxygens (including phenoxy) is 2. The standard InChI is InChI=1S/C36H43N9O3/c1-25-10-11-27-19-38-41-33(27)34(25)44-16-13-30-31(21-44)39-36(48-24-29-9-6-15-42(29)2)40-35(30)45-18-17-43(28(20-45)12-14-37)22-32(46)47-23-26-7-4-3-5-8-26/h3-5,7-8,10-11,19,28-29H,6,9,12-13,15-18,20-24H2,1-2H3,(H,38,41)/t28?,29-/m0/s1. The number of fused-ring (bicyclic) bond motifs is 2. The fourth-order valence-electron chi connectivity index (χ4n) is 7.32. The first-order chi connectivity index (χ1) is 23.5. The molecule has 2 atom stereocenters. The summed E-state index contributed by atoms with van der Waals surface area (Å²) in [5.74, 6) is 0.588. The predicted octanol–water partition coefficient (Wildman–Crippen LogP) is 3.84. The summed E-state index contributed by atoms with van der Waals surface area (Å²) in [7, 11) is 2.14. The molecule has 1 N–H and O–H groups in total. The number of nitrogens with one attached hydrogen (secondary N) is 1. The van der Waals surface area contributed by atoms with Crippen molar-refractivity contribution >= 4 is 28.4 Å². The van der Waals surface area contributed by atoms with Crippen LogP contribution in [0.15, 0.2) is 48.7 Å². The molecule has 250 valence electrons. The molecule has 7 rings (SSSR count). The number of nitriles is 1. The molecular formula is C36H43N9O3. The van der Waals surface area contributed by atoms with Crippen LogP contribution in [0.3, 0.4) is 0 Å². The van der Waals surface area contributed by atoms with E-state index >= 15 is 0 Å². The molecule has 12 heteroatoms. The van der Waals surface area contributed by atoms with Gasteiger partial charge in [0, 0.05) is 49.2 Å². The van der Waals surface area contributed by atoms with E-state index in [4.69, 9.17) is 19.4 Å². The van der Waals surface area contributed by atoms with Crippen molar-refractivity contribution in [1.29, 1.82) is 5.26 Å². The first-order valence-corrected chi connectivity index (χ1v) is 16.9. The fraction of sp³-hybridized carbons (Fsp3) is 0.472. The zero-order valence-electron chi connectivity index (χ0n) is 27.8. The lowest BCUT2D eigenvalue weighted by atomic mass is 10.0. The fourth-order valence-corrected chi connectivity index (χ4v) is 7.32. The number of esters is 1. The van der Waals surface area contributed by atoms with Crippen LogP contribution in [0, 0.1) is 18.3 Å². The second-order valence-corrected chi connectivity index (χ2v) is 13.2. The number of aromatic amines is 1. The minimum atomic E-state index is -0.287. The van der Waals surface area contributed by atoms with Crippen molar-refractivity contribution in [1.82, 2.24) is 30.0 Å².